The fourth-order valence-corrected chi connectivity index (χ4v) is 6.16. The molecule has 11 nitrogen and oxygen atoms in total. The monoisotopic (exact) mass is 658 g/mol. The summed E-state index contributed by atoms with van der Waals surface area (Å²) >= 11 is 1.19. The summed E-state index contributed by atoms with van der Waals surface area (Å²) in [6.45, 7) is 3.55. The van der Waals surface area contributed by atoms with E-state index in [0.29, 0.717) is 54.7 Å². The zero-order valence-corrected chi connectivity index (χ0v) is 27.4. The average Bonchev–Trinajstić information content (AvgIpc) is 3.40. The lowest BCUT2D eigenvalue weighted by atomic mass is 9.93. The van der Waals surface area contributed by atoms with Crippen LogP contribution in [-0.2, 0) is 19.1 Å². The second-order valence-electron chi connectivity index (χ2n) is 10.0. The largest absolute Gasteiger partial charge is 0.493 e. The predicted octanol–water partition coefficient (Wildman–Crippen LogP) is 3.90. The highest BCUT2D eigenvalue weighted by Crippen LogP contribution is 2.38. The van der Waals surface area contributed by atoms with Gasteiger partial charge in [-0.25, -0.2) is 14.6 Å². The number of nitrogens with zero attached hydrogens (tertiary/aromatic N) is 2. The Kier molecular flexibility index (Phi) is 10.4. The molecular weight excluding hydrogens is 624 g/mol. The smallest absolute Gasteiger partial charge is 0.344 e. The van der Waals surface area contributed by atoms with E-state index in [4.69, 9.17) is 33.4 Å². The number of fused-ring (bicyclic) bond motifs is 1. The van der Waals surface area contributed by atoms with Gasteiger partial charge in [0.25, 0.3) is 5.56 Å². The quantitative estimate of drug-likeness (QED) is 0.209. The third kappa shape index (κ3) is 6.92. The summed E-state index contributed by atoms with van der Waals surface area (Å²) in [5.74, 6) is 0.561. The van der Waals surface area contributed by atoms with Crippen molar-refractivity contribution < 1.29 is 38.0 Å². The van der Waals surface area contributed by atoms with Gasteiger partial charge in [0, 0.05) is 5.56 Å². The Labute approximate surface area is 274 Å². The summed E-state index contributed by atoms with van der Waals surface area (Å²) in [4.78, 5) is 45.0. The molecule has 1 aliphatic heterocycles. The van der Waals surface area contributed by atoms with Crippen LogP contribution >= 0.6 is 11.3 Å². The average molecular weight is 659 g/mol. The minimum Gasteiger partial charge on any atom is -0.493 e. The molecule has 0 spiro atoms. The Bertz CT molecular complexity index is 2000. The Balaban J connectivity index is 1.70. The maximum absolute atomic E-state index is 14.3. The molecule has 0 saturated heterocycles. The molecule has 5 rings (SSSR count). The maximum Gasteiger partial charge on any atom is 0.344 e. The number of hydrogen-bond donors (Lipinski definition) is 0. The van der Waals surface area contributed by atoms with Gasteiger partial charge < -0.3 is 28.4 Å². The summed E-state index contributed by atoms with van der Waals surface area (Å²) in [6, 6.07) is 18.8. The standard InChI is InChI=1S/C35H34N2O9S/c1-6-44-29(38)20-46-25-15-13-21(17-26(25)42-4)18-28-33(39)37-32(23-14-16-24(41-3)27(19-23)43-5)30(34(40)45-7-2)31(36-35(37)47-28)22-11-9-8-10-12-22/h8-19,32H,6-7,20H2,1-5H3/b28-18-/t32-/m0/s1. The van der Waals surface area contributed by atoms with Gasteiger partial charge in [-0.3, -0.25) is 9.36 Å². The van der Waals surface area contributed by atoms with Crippen molar-refractivity contribution in [3.05, 3.63) is 109 Å². The highest BCUT2D eigenvalue weighted by molar-refractivity contribution is 7.07. The van der Waals surface area contributed by atoms with E-state index in [9.17, 15) is 14.4 Å². The van der Waals surface area contributed by atoms with E-state index >= 15 is 0 Å². The van der Waals surface area contributed by atoms with Gasteiger partial charge in [0.05, 0.1) is 56.4 Å². The molecule has 1 aromatic heterocycles. The summed E-state index contributed by atoms with van der Waals surface area (Å²) in [6.07, 6.45) is 1.71. The van der Waals surface area contributed by atoms with Gasteiger partial charge in [0.1, 0.15) is 0 Å². The van der Waals surface area contributed by atoms with Crippen LogP contribution in [0.5, 0.6) is 23.0 Å². The number of rotatable bonds is 12. The summed E-state index contributed by atoms with van der Waals surface area (Å²) in [5, 5.41) is 0. The first-order chi connectivity index (χ1) is 22.8. The lowest BCUT2D eigenvalue weighted by Gasteiger charge is -2.26. The second-order valence-corrected chi connectivity index (χ2v) is 11.1. The first-order valence-electron chi connectivity index (χ1n) is 14.8. The molecule has 1 aliphatic rings. The lowest BCUT2D eigenvalue weighted by molar-refractivity contribution is -0.145. The molecule has 0 radical (unpaired) electrons. The topological polar surface area (TPSA) is 124 Å². The van der Waals surface area contributed by atoms with E-state index in [1.54, 1.807) is 56.3 Å². The Morgan fingerprint density at radius 3 is 2.21 bits per heavy atom. The summed E-state index contributed by atoms with van der Waals surface area (Å²) < 4.78 is 34.5. The van der Waals surface area contributed by atoms with Crippen LogP contribution in [0.2, 0.25) is 0 Å². The molecule has 0 unspecified atom stereocenters. The molecule has 0 fully saturated rings. The van der Waals surface area contributed by atoms with Gasteiger partial charge in [-0.2, -0.15) is 0 Å². The molecule has 0 aliphatic carbocycles. The van der Waals surface area contributed by atoms with Crippen LogP contribution < -0.4 is 33.8 Å². The molecule has 2 heterocycles. The van der Waals surface area contributed by atoms with E-state index in [0.717, 1.165) is 0 Å². The second kappa shape index (κ2) is 14.8. The third-order valence-electron chi connectivity index (χ3n) is 7.23. The Morgan fingerprint density at radius 1 is 0.851 bits per heavy atom. The molecule has 0 saturated carbocycles. The number of thiazole rings is 1. The third-order valence-corrected chi connectivity index (χ3v) is 8.22. The van der Waals surface area contributed by atoms with Crippen molar-refractivity contribution in [1.82, 2.24) is 4.57 Å². The maximum atomic E-state index is 14.3. The van der Waals surface area contributed by atoms with Crippen molar-refractivity contribution in [2.75, 3.05) is 41.2 Å². The van der Waals surface area contributed by atoms with Gasteiger partial charge in [0.15, 0.2) is 34.4 Å². The number of ether oxygens (including phenoxy) is 6. The summed E-state index contributed by atoms with van der Waals surface area (Å²) in [7, 11) is 4.54. The zero-order valence-electron chi connectivity index (χ0n) is 26.6. The molecule has 0 bridgehead atoms. The predicted molar refractivity (Wildman–Crippen MR) is 176 cm³/mol. The van der Waals surface area contributed by atoms with Crippen LogP contribution in [0.25, 0.3) is 11.8 Å². The van der Waals surface area contributed by atoms with Gasteiger partial charge in [-0.15, -0.1) is 0 Å². The number of aromatic nitrogens is 1. The van der Waals surface area contributed by atoms with Gasteiger partial charge in [-0.05, 0) is 55.3 Å². The first kappa shape index (κ1) is 33.0. The fraction of sp³-hybridized carbons (Fsp3) is 0.257. The van der Waals surface area contributed by atoms with Gasteiger partial charge in [-0.1, -0.05) is 53.8 Å². The van der Waals surface area contributed by atoms with Crippen LogP contribution in [0.3, 0.4) is 0 Å². The van der Waals surface area contributed by atoms with E-state index in [1.807, 2.05) is 30.3 Å². The van der Waals surface area contributed by atoms with E-state index in [1.165, 1.54) is 37.2 Å². The van der Waals surface area contributed by atoms with Crippen LogP contribution in [0.4, 0.5) is 0 Å². The molecule has 0 N–H and O–H groups in total. The van der Waals surface area contributed by atoms with E-state index in [2.05, 4.69) is 0 Å². The minimum absolute atomic E-state index is 0.134. The normalized spacial score (nSPS) is 14.1. The molecule has 12 heteroatoms. The highest BCUT2D eigenvalue weighted by atomic mass is 32.1. The number of hydrogen-bond acceptors (Lipinski definition) is 11. The fourth-order valence-electron chi connectivity index (χ4n) is 5.16. The number of benzene rings is 3. The first-order valence-corrected chi connectivity index (χ1v) is 15.6. The van der Waals surface area contributed by atoms with E-state index < -0.39 is 18.0 Å². The molecule has 47 heavy (non-hydrogen) atoms. The molecule has 3 aromatic carbocycles. The zero-order chi connectivity index (χ0) is 33.5. The van der Waals surface area contributed by atoms with Crippen molar-refractivity contribution in [3.8, 4) is 23.0 Å². The lowest BCUT2D eigenvalue weighted by Crippen LogP contribution is -2.40. The van der Waals surface area contributed by atoms with Gasteiger partial charge >= 0.3 is 11.9 Å². The number of methoxy groups -OCH3 is 3. The van der Waals surface area contributed by atoms with Crippen molar-refractivity contribution in [1.29, 1.82) is 0 Å². The highest BCUT2D eigenvalue weighted by Gasteiger charge is 2.35. The molecular formula is C35H34N2O9S. The summed E-state index contributed by atoms with van der Waals surface area (Å²) in [5.41, 5.74) is 2.21. The Morgan fingerprint density at radius 2 is 1.53 bits per heavy atom. The van der Waals surface area contributed by atoms with Crippen LogP contribution in [0.15, 0.2) is 82.1 Å². The van der Waals surface area contributed by atoms with Crippen LogP contribution in [0, 0.1) is 0 Å². The van der Waals surface area contributed by atoms with Crippen molar-refractivity contribution in [2.45, 2.75) is 19.9 Å². The molecule has 4 aromatic rings. The van der Waals surface area contributed by atoms with E-state index in [-0.39, 0.29) is 31.0 Å². The molecule has 1 atom stereocenters. The minimum atomic E-state index is -0.893. The number of carbonyl (C=O) groups is 2. The van der Waals surface area contributed by atoms with Crippen molar-refractivity contribution in [2.24, 2.45) is 4.99 Å². The van der Waals surface area contributed by atoms with Crippen molar-refractivity contribution in [3.63, 3.8) is 0 Å². The van der Waals surface area contributed by atoms with Crippen LogP contribution in [-0.4, -0.2) is 57.7 Å². The molecule has 0 amide bonds. The SMILES string of the molecule is CCOC(=O)COc1ccc(/C=c2\sc3n(c2=O)[C@@H](c2ccc(OC)c(OC)c2)C(C(=O)OCC)=C(c2ccccc2)N=3)cc1OC. The number of carbonyl (C=O) groups excluding carboxylic acids is 2. The Hall–Kier alpha value is -5.36. The van der Waals surface area contributed by atoms with Crippen LogP contribution in [0.1, 0.15) is 36.6 Å². The number of esters is 2. The van der Waals surface area contributed by atoms with Gasteiger partial charge in [0.2, 0.25) is 0 Å². The van der Waals surface area contributed by atoms with Crippen molar-refractivity contribution >= 4 is 35.0 Å². The molecule has 244 valence electrons.